The number of allylic oxidation sites excluding steroid dienone is 2. The van der Waals surface area contributed by atoms with E-state index in [0.29, 0.717) is 11.8 Å². The van der Waals surface area contributed by atoms with E-state index in [0.717, 1.165) is 52.4 Å². The number of nitrogens with zero attached hydrogens (tertiary/aromatic N) is 4. The van der Waals surface area contributed by atoms with Gasteiger partial charge in [0.2, 0.25) is 0 Å². The summed E-state index contributed by atoms with van der Waals surface area (Å²) in [7, 11) is 0. The topological polar surface area (TPSA) is 44.9 Å². The number of pyridine rings is 1. The van der Waals surface area contributed by atoms with Gasteiger partial charge in [-0.3, -0.25) is 4.57 Å². The van der Waals surface area contributed by atoms with Gasteiger partial charge in [0, 0.05) is 46.3 Å². The Hall–Kier alpha value is -4.64. The highest BCUT2D eigenvalue weighted by molar-refractivity contribution is 6.09. The van der Waals surface area contributed by atoms with Crippen LogP contribution in [0.2, 0.25) is 0 Å². The Labute approximate surface area is 266 Å². The highest BCUT2D eigenvalue weighted by Crippen LogP contribution is 2.42. The molecule has 3 aromatic carbocycles. The molecule has 0 radical (unpaired) electrons. The fourth-order valence-electron chi connectivity index (χ4n) is 7.47. The van der Waals surface area contributed by atoms with E-state index >= 15 is 0 Å². The SMILES string of the molecule is CCc1nn(-c2cc(C)cc(Oc3ccc4c5ccccc5n(-c5cc(C)ccn5)c4c3)c2)c(CC)c1[C@@H]1C(C)=CCC[C@@H]1C. The lowest BCUT2D eigenvalue weighted by Gasteiger charge is -2.30. The van der Waals surface area contributed by atoms with Crippen LogP contribution in [0.4, 0.5) is 0 Å². The van der Waals surface area contributed by atoms with Gasteiger partial charge in [0.25, 0.3) is 0 Å². The summed E-state index contributed by atoms with van der Waals surface area (Å²) in [4.78, 5) is 4.74. The molecule has 5 heteroatoms. The fraction of sp³-hybridized carbons (Fsp3) is 0.300. The predicted molar refractivity (Wildman–Crippen MR) is 185 cm³/mol. The molecule has 0 fully saturated rings. The van der Waals surface area contributed by atoms with Gasteiger partial charge in [0.05, 0.1) is 22.4 Å². The average Bonchev–Trinajstić information content (AvgIpc) is 3.56. The second kappa shape index (κ2) is 11.7. The van der Waals surface area contributed by atoms with Crippen molar-refractivity contribution in [2.75, 3.05) is 0 Å². The molecule has 6 aromatic rings. The maximum absolute atomic E-state index is 6.64. The van der Waals surface area contributed by atoms with Crippen LogP contribution in [-0.2, 0) is 12.8 Å². The minimum atomic E-state index is 0.430. The van der Waals surface area contributed by atoms with E-state index < -0.39 is 0 Å². The Morgan fingerprint density at radius 2 is 1.64 bits per heavy atom. The summed E-state index contributed by atoms with van der Waals surface area (Å²) in [5, 5.41) is 7.62. The van der Waals surface area contributed by atoms with E-state index in [1.54, 1.807) is 0 Å². The maximum atomic E-state index is 6.64. The number of ether oxygens (including phenoxy) is 1. The molecule has 0 aliphatic heterocycles. The van der Waals surface area contributed by atoms with Crippen LogP contribution in [-0.4, -0.2) is 19.3 Å². The second-order valence-electron chi connectivity index (χ2n) is 12.7. The van der Waals surface area contributed by atoms with Gasteiger partial charge in [-0.05, 0) is 106 Å². The quantitative estimate of drug-likeness (QED) is 0.173. The molecule has 7 rings (SSSR count). The summed E-state index contributed by atoms with van der Waals surface area (Å²) in [6.45, 7) is 13.4. The van der Waals surface area contributed by atoms with Crippen LogP contribution in [0.1, 0.15) is 74.5 Å². The first kappa shape index (κ1) is 29.1. The number of aromatic nitrogens is 4. The standard InChI is InChI=1S/C40H42N4O/c1-7-34-40(39-27(5)12-11-13-28(39)6)35(8-2)44(42-34)29-20-26(4)21-31(23-29)45-30-16-17-33-32-14-9-10-15-36(32)43(37(33)24-30)38-22-25(3)18-19-41-38/h9-10,12,14-24,28,39H,7-8,11,13H2,1-6H3/t28-,39+/m0/s1. The van der Waals surface area contributed by atoms with Crippen molar-refractivity contribution in [3.63, 3.8) is 0 Å². The molecule has 228 valence electrons. The van der Waals surface area contributed by atoms with Crippen LogP contribution >= 0.6 is 0 Å². The molecular weight excluding hydrogens is 552 g/mol. The summed E-state index contributed by atoms with van der Waals surface area (Å²) in [6, 6.07) is 25.5. The second-order valence-corrected chi connectivity index (χ2v) is 12.7. The summed E-state index contributed by atoms with van der Waals surface area (Å²) < 4.78 is 11.1. The molecular formula is C40H42N4O. The van der Waals surface area contributed by atoms with Gasteiger partial charge in [-0.2, -0.15) is 5.10 Å². The first-order valence-corrected chi connectivity index (χ1v) is 16.4. The summed E-state index contributed by atoms with van der Waals surface area (Å²) in [5.74, 6) is 3.54. The predicted octanol–water partition coefficient (Wildman–Crippen LogP) is 10.4. The molecule has 0 amide bonds. The van der Waals surface area contributed by atoms with Crippen molar-refractivity contribution >= 4 is 21.8 Å². The molecule has 0 bridgehead atoms. The fourth-order valence-corrected chi connectivity index (χ4v) is 7.47. The molecule has 1 aliphatic rings. The van der Waals surface area contributed by atoms with Crippen molar-refractivity contribution in [3.05, 3.63) is 119 Å². The van der Waals surface area contributed by atoms with E-state index in [1.807, 2.05) is 12.3 Å². The zero-order valence-corrected chi connectivity index (χ0v) is 27.3. The summed E-state index contributed by atoms with van der Waals surface area (Å²) >= 11 is 0. The normalized spacial score (nSPS) is 16.8. The van der Waals surface area contributed by atoms with Crippen molar-refractivity contribution < 1.29 is 4.74 Å². The van der Waals surface area contributed by atoms with Crippen LogP contribution in [0.3, 0.4) is 0 Å². The number of rotatable bonds is 7. The minimum absolute atomic E-state index is 0.430. The van der Waals surface area contributed by atoms with Crippen molar-refractivity contribution in [3.8, 4) is 23.0 Å². The zero-order valence-electron chi connectivity index (χ0n) is 27.3. The third-order valence-corrected chi connectivity index (χ3v) is 9.52. The third kappa shape index (κ3) is 5.14. The molecule has 0 unspecified atom stereocenters. The van der Waals surface area contributed by atoms with Gasteiger partial charge in [-0.25, -0.2) is 9.67 Å². The van der Waals surface area contributed by atoms with Gasteiger partial charge >= 0.3 is 0 Å². The molecule has 45 heavy (non-hydrogen) atoms. The van der Waals surface area contributed by atoms with E-state index in [4.69, 9.17) is 14.8 Å². The summed E-state index contributed by atoms with van der Waals surface area (Å²) in [6.07, 6.45) is 8.56. The Balaban J connectivity index is 1.31. The number of fused-ring (bicyclic) bond motifs is 3. The highest BCUT2D eigenvalue weighted by atomic mass is 16.5. The Bertz CT molecular complexity index is 2080. The maximum Gasteiger partial charge on any atom is 0.137 e. The van der Waals surface area contributed by atoms with E-state index in [9.17, 15) is 0 Å². The lowest BCUT2D eigenvalue weighted by Crippen LogP contribution is -2.17. The molecule has 3 aromatic heterocycles. The molecule has 3 heterocycles. The number of para-hydroxylation sites is 1. The Morgan fingerprint density at radius 3 is 2.42 bits per heavy atom. The molecule has 1 aliphatic carbocycles. The minimum Gasteiger partial charge on any atom is -0.457 e. The summed E-state index contributed by atoms with van der Waals surface area (Å²) in [5.41, 5.74) is 11.0. The molecule has 0 spiro atoms. The lowest BCUT2D eigenvalue weighted by atomic mass is 9.74. The monoisotopic (exact) mass is 594 g/mol. The Morgan fingerprint density at radius 1 is 0.822 bits per heavy atom. The Kier molecular flexibility index (Phi) is 7.56. The first-order chi connectivity index (χ1) is 21.9. The molecule has 0 saturated heterocycles. The molecule has 2 atom stereocenters. The molecule has 5 nitrogen and oxygen atoms in total. The van der Waals surface area contributed by atoms with Gasteiger partial charge in [0.15, 0.2) is 0 Å². The van der Waals surface area contributed by atoms with Crippen molar-refractivity contribution in [1.29, 1.82) is 0 Å². The van der Waals surface area contributed by atoms with Gasteiger partial charge in [0.1, 0.15) is 17.3 Å². The third-order valence-electron chi connectivity index (χ3n) is 9.52. The number of aryl methyl sites for hydroxylation is 3. The molecule has 0 saturated carbocycles. The number of benzene rings is 3. The van der Waals surface area contributed by atoms with Crippen molar-refractivity contribution in [2.24, 2.45) is 5.92 Å². The first-order valence-electron chi connectivity index (χ1n) is 16.4. The lowest BCUT2D eigenvalue weighted by molar-refractivity contribution is 0.446. The average molecular weight is 595 g/mol. The smallest absolute Gasteiger partial charge is 0.137 e. The van der Waals surface area contributed by atoms with Crippen molar-refractivity contribution in [2.45, 2.75) is 73.1 Å². The van der Waals surface area contributed by atoms with Crippen LogP contribution in [0.25, 0.3) is 33.3 Å². The van der Waals surface area contributed by atoms with Gasteiger partial charge < -0.3 is 4.74 Å². The highest BCUT2D eigenvalue weighted by Gasteiger charge is 2.31. The van der Waals surface area contributed by atoms with Crippen LogP contribution in [0, 0.1) is 19.8 Å². The largest absolute Gasteiger partial charge is 0.457 e. The molecule has 0 N–H and O–H groups in total. The van der Waals surface area contributed by atoms with Gasteiger partial charge in [-0.15, -0.1) is 0 Å². The number of hydrogen-bond donors (Lipinski definition) is 0. The van der Waals surface area contributed by atoms with Crippen LogP contribution < -0.4 is 4.74 Å². The van der Waals surface area contributed by atoms with E-state index in [-0.39, 0.29) is 0 Å². The number of hydrogen-bond acceptors (Lipinski definition) is 3. The van der Waals surface area contributed by atoms with Crippen LogP contribution in [0.15, 0.2) is 90.6 Å². The van der Waals surface area contributed by atoms with Gasteiger partial charge in [-0.1, -0.05) is 50.6 Å². The van der Waals surface area contributed by atoms with E-state index in [1.165, 1.54) is 51.7 Å². The van der Waals surface area contributed by atoms with Crippen LogP contribution in [0.5, 0.6) is 11.5 Å². The van der Waals surface area contributed by atoms with E-state index in [2.05, 4.69) is 124 Å². The van der Waals surface area contributed by atoms with Crippen molar-refractivity contribution in [1.82, 2.24) is 19.3 Å². The zero-order chi connectivity index (χ0) is 31.2.